The van der Waals surface area contributed by atoms with E-state index in [0.29, 0.717) is 6.04 Å². The first kappa shape index (κ1) is 10.8. The zero-order valence-corrected chi connectivity index (χ0v) is 9.77. The van der Waals surface area contributed by atoms with Gasteiger partial charge in [-0.05, 0) is 18.8 Å². The van der Waals surface area contributed by atoms with E-state index in [1.54, 1.807) is 0 Å². The van der Waals surface area contributed by atoms with Crippen LogP contribution in [0.2, 0.25) is 0 Å². The van der Waals surface area contributed by atoms with Gasteiger partial charge in [0.15, 0.2) is 0 Å². The predicted octanol–water partition coefficient (Wildman–Crippen LogP) is 1.55. The first-order valence-corrected chi connectivity index (χ1v) is 7.09. The Bertz CT molecular complexity index is 163. The van der Waals surface area contributed by atoms with Gasteiger partial charge >= 0.3 is 0 Å². The highest BCUT2D eigenvalue weighted by atomic mass is 32.2. The number of hydrogen-bond donors (Lipinski definition) is 1. The minimum Gasteiger partial charge on any atom is -0.329 e. The zero-order chi connectivity index (χ0) is 9.80. The lowest BCUT2D eigenvalue weighted by Gasteiger charge is -2.37. The Hall–Kier alpha value is 0.270. The smallest absolute Gasteiger partial charge is 0.0247 e. The summed E-state index contributed by atoms with van der Waals surface area (Å²) in [5.74, 6) is 3.52. The van der Waals surface area contributed by atoms with Gasteiger partial charge < -0.3 is 5.73 Å². The van der Waals surface area contributed by atoms with Crippen LogP contribution >= 0.6 is 11.8 Å². The monoisotopic (exact) mass is 214 g/mol. The highest BCUT2D eigenvalue weighted by Gasteiger charge is 2.29. The largest absolute Gasteiger partial charge is 0.329 e. The molecule has 0 aromatic rings. The van der Waals surface area contributed by atoms with E-state index in [0.717, 1.165) is 12.5 Å². The maximum absolute atomic E-state index is 5.93. The fourth-order valence-corrected chi connectivity index (χ4v) is 3.82. The average Bonchev–Trinajstić information content (AvgIpc) is 2.74. The standard InChI is InChI=1S/C11H22N2S/c12-9-11(10-3-1-2-4-10)13-5-7-14-8-6-13/h10-11H,1-9,12H2. The lowest BCUT2D eigenvalue weighted by Crippen LogP contribution is -2.48. The molecule has 0 aromatic heterocycles. The van der Waals surface area contributed by atoms with E-state index in [4.69, 9.17) is 5.73 Å². The second-order valence-electron chi connectivity index (χ2n) is 4.50. The van der Waals surface area contributed by atoms with Gasteiger partial charge in [0.2, 0.25) is 0 Å². The van der Waals surface area contributed by atoms with Crippen molar-refractivity contribution in [1.82, 2.24) is 4.90 Å². The van der Waals surface area contributed by atoms with Gasteiger partial charge in [0.05, 0.1) is 0 Å². The van der Waals surface area contributed by atoms with Crippen molar-refractivity contribution in [2.45, 2.75) is 31.7 Å². The van der Waals surface area contributed by atoms with Gasteiger partial charge in [-0.15, -0.1) is 0 Å². The molecular weight excluding hydrogens is 192 g/mol. The third kappa shape index (κ3) is 2.44. The van der Waals surface area contributed by atoms with Crippen molar-refractivity contribution in [3.8, 4) is 0 Å². The molecular formula is C11H22N2S. The SMILES string of the molecule is NCC(C1CCCC1)N1CCSCC1. The van der Waals surface area contributed by atoms with Crippen LogP contribution in [0.25, 0.3) is 0 Å². The molecule has 1 heterocycles. The zero-order valence-electron chi connectivity index (χ0n) is 8.95. The van der Waals surface area contributed by atoms with Crippen molar-refractivity contribution < 1.29 is 0 Å². The molecule has 0 bridgehead atoms. The number of nitrogens with two attached hydrogens (primary N) is 1. The third-order valence-electron chi connectivity index (χ3n) is 3.70. The molecule has 0 radical (unpaired) electrons. The molecule has 1 atom stereocenters. The maximum Gasteiger partial charge on any atom is 0.0247 e. The van der Waals surface area contributed by atoms with Crippen LogP contribution in [0.1, 0.15) is 25.7 Å². The van der Waals surface area contributed by atoms with Crippen molar-refractivity contribution >= 4 is 11.8 Å². The van der Waals surface area contributed by atoms with Gasteiger partial charge in [0, 0.05) is 37.2 Å². The van der Waals surface area contributed by atoms with E-state index in [-0.39, 0.29) is 0 Å². The van der Waals surface area contributed by atoms with Gasteiger partial charge in [0.1, 0.15) is 0 Å². The summed E-state index contributed by atoms with van der Waals surface area (Å²) in [4.78, 5) is 2.65. The van der Waals surface area contributed by atoms with Crippen LogP contribution in [0.5, 0.6) is 0 Å². The molecule has 1 aliphatic carbocycles. The Balaban J connectivity index is 1.89. The summed E-state index contributed by atoms with van der Waals surface area (Å²) in [6, 6.07) is 0.693. The lowest BCUT2D eigenvalue weighted by molar-refractivity contribution is 0.161. The van der Waals surface area contributed by atoms with Gasteiger partial charge in [-0.2, -0.15) is 11.8 Å². The van der Waals surface area contributed by atoms with E-state index < -0.39 is 0 Å². The number of rotatable bonds is 3. The summed E-state index contributed by atoms with van der Waals surface area (Å²) in [5.41, 5.74) is 5.93. The number of nitrogens with zero attached hydrogens (tertiary/aromatic N) is 1. The fraction of sp³-hybridized carbons (Fsp3) is 1.00. The first-order chi connectivity index (χ1) is 6.92. The molecule has 2 N–H and O–H groups in total. The van der Waals surface area contributed by atoms with Crippen LogP contribution in [-0.4, -0.2) is 42.1 Å². The molecule has 14 heavy (non-hydrogen) atoms. The Morgan fingerprint density at radius 1 is 1.21 bits per heavy atom. The molecule has 0 amide bonds. The second-order valence-corrected chi connectivity index (χ2v) is 5.72. The predicted molar refractivity (Wildman–Crippen MR) is 63.7 cm³/mol. The molecule has 0 aromatic carbocycles. The molecule has 0 spiro atoms. The van der Waals surface area contributed by atoms with E-state index in [1.165, 1.54) is 50.3 Å². The van der Waals surface area contributed by atoms with E-state index in [9.17, 15) is 0 Å². The molecule has 2 fully saturated rings. The normalized spacial score (nSPS) is 28.1. The van der Waals surface area contributed by atoms with E-state index >= 15 is 0 Å². The van der Waals surface area contributed by atoms with Crippen LogP contribution in [0.15, 0.2) is 0 Å². The average molecular weight is 214 g/mol. The van der Waals surface area contributed by atoms with Gasteiger partial charge in [-0.1, -0.05) is 12.8 Å². The lowest BCUT2D eigenvalue weighted by atomic mass is 9.96. The van der Waals surface area contributed by atoms with Crippen LogP contribution < -0.4 is 5.73 Å². The summed E-state index contributed by atoms with van der Waals surface area (Å²) in [7, 11) is 0. The topological polar surface area (TPSA) is 29.3 Å². The summed E-state index contributed by atoms with van der Waals surface area (Å²) in [5, 5.41) is 0. The Kier molecular flexibility index (Phi) is 4.14. The van der Waals surface area contributed by atoms with Crippen molar-refractivity contribution in [1.29, 1.82) is 0 Å². The van der Waals surface area contributed by atoms with E-state index in [1.807, 2.05) is 0 Å². The Morgan fingerprint density at radius 2 is 1.86 bits per heavy atom. The van der Waals surface area contributed by atoms with Gasteiger partial charge in [-0.3, -0.25) is 4.90 Å². The second kappa shape index (κ2) is 5.38. The Morgan fingerprint density at radius 3 is 2.43 bits per heavy atom. The first-order valence-electron chi connectivity index (χ1n) is 5.93. The van der Waals surface area contributed by atoms with Gasteiger partial charge in [-0.25, -0.2) is 0 Å². The molecule has 82 valence electrons. The van der Waals surface area contributed by atoms with Crippen molar-refractivity contribution in [3.63, 3.8) is 0 Å². The van der Waals surface area contributed by atoms with Crippen LogP contribution in [0, 0.1) is 5.92 Å². The maximum atomic E-state index is 5.93. The van der Waals surface area contributed by atoms with Crippen LogP contribution in [-0.2, 0) is 0 Å². The fourth-order valence-electron chi connectivity index (χ4n) is 2.89. The number of hydrogen-bond acceptors (Lipinski definition) is 3. The quantitative estimate of drug-likeness (QED) is 0.773. The van der Waals surface area contributed by atoms with Crippen molar-refractivity contribution in [2.75, 3.05) is 31.1 Å². The van der Waals surface area contributed by atoms with Crippen LogP contribution in [0.3, 0.4) is 0 Å². The molecule has 2 nitrogen and oxygen atoms in total. The van der Waals surface area contributed by atoms with Gasteiger partial charge in [0.25, 0.3) is 0 Å². The molecule has 1 saturated carbocycles. The molecule has 3 heteroatoms. The summed E-state index contributed by atoms with van der Waals surface area (Å²) >= 11 is 2.09. The Labute approximate surface area is 91.6 Å². The number of thioether (sulfide) groups is 1. The summed E-state index contributed by atoms with van der Waals surface area (Å²) in [6.45, 7) is 3.40. The third-order valence-corrected chi connectivity index (χ3v) is 4.64. The molecule has 1 unspecified atom stereocenters. The minimum absolute atomic E-state index is 0.693. The molecule has 2 rings (SSSR count). The van der Waals surface area contributed by atoms with Crippen molar-refractivity contribution in [3.05, 3.63) is 0 Å². The summed E-state index contributed by atoms with van der Waals surface area (Å²) < 4.78 is 0. The minimum atomic E-state index is 0.693. The molecule has 1 aliphatic heterocycles. The molecule has 2 aliphatic rings. The van der Waals surface area contributed by atoms with E-state index in [2.05, 4.69) is 16.7 Å². The van der Waals surface area contributed by atoms with Crippen LogP contribution in [0.4, 0.5) is 0 Å². The highest BCUT2D eigenvalue weighted by molar-refractivity contribution is 7.99. The highest BCUT2D eigenvalue weighted by Crippen LogP contribution is 2.30. The summed E-state index contributed by atoms with van der Waals surface area (Å²) in [6.07, 6.45) is 5.71. The molecule has 1 saturated heterocycles. The van der Waals surface area contributed by atoms with Crippen molar-refractivity contribution in [2.24, 2.45) is 11.7 Å².